The molecule has 4 nitrogen and oxygen atoms in total. The number of pyridine rings is 1. The molecule has 5 heteroatoms. The molecule has 1 fully saturated rings. The number of carbonyl (C=O) groups is 1. The van der Waals surface area contributed by atoms with Gasteiger partial charge in [-0.05, 0) is 41.8 Å². The van der Waals surface area contributed by atoms with Gasteiger partial charge in [0.2, 0.25) is 5.91 Å². The van der Waals surface area contributed by atoms with E-state index in [2.05, 4.69) is 28.9 Å². The Kier molecular flexibility index (Phi) is 5.60. The number of fused-ring (bicyclic) bond motifs is 1. The van der Waals surface area contributed by atoms with E-state index in [4.69, 9.17) is 11.6 Å². The maximum absolute atomic E-state index is 12.7. The fraction of sp³-hybridized carbons (Fsp3) is 0.304. The van der Waals surface area contributed by atoms with Gasteiger partial charge in [-0.3, -0.25) is 14.7 Å². The zero-order valence-corrected chi connectivity index (χ0v) is 16.8. The Labute approximate surface area is 170 Å². The zero-order chi connectivity index (χ0) is 19.5. The van der Waals surface area contributed by atoms with Crippen LogP contribution in [0.2, 0.25) is 5.02 Å². The second-order valence-corrected chi connectivity index (χ2v) is 7.77. The third-order valence-corrected chi connectivity index (χ3v) is 5.85. The van der Waals surface area contributed by atoms with Crippen molar-refractivity contribution in [2.24, 2.45) is 0 Å². The minimum atomic E-state index is 0.215. The average Bonchev–Trinajstić information content (AvgIpc) is 2.72. The van der Waals surface area contributed by atoms with Crippen LogP contribution in [-0.2, 0) is 17.8 Å². The van der Waals surface area contributed by atoms with E-state index in [0.717, 1.165) is 54.2 Å². The Bertz CT molecular complexity index is 996. The van der Waals surface area contributed by atoms with Gasteiger partial charge < -0.3 is 4.90 Å². The lowest BCUT2D eigenvalue weighted by Crippen LogP contribution is -2.48. The Balaban J connectivity index is 1.38. The number of aromatic nitrogens is 1. The number of amides is 1. The van der Waals surface area contributed by atoms with Crippen LogP contribution in [0.5, 0.6) is 0 Å². The molecule has 0 unspecified atom stereocenters. The topological polar surface area (TPSA) is 36.4 Å². The van der Waals surface area contributed by atoms with Crippen LogP contribution in [0.3, 0.4) is 0 Å². The summed E-state index contributed by atoms with van der Waals surface area (Å²) in [4.78, 5) is 21.6. The molecular formula is C23H24ClN3O. The highest BCUT2D eigenvalue weighted by atomic mass is 35.5. The Hall–Kier alpha value is -2.43. The van der Waals surface area contributed by atoms with Crippen molar-refractivity contribution >= 4 is 28.4 Å². The number of hydrogen-bond acceptors (Lipinski definition) is 3. The van der Waals surface area contributed by atoms with Crippen LogP contribution >= 0.6 is 11.6 Å². The molecule has 1 aromatic heterocycles. The van der Waals surface area contributed by atoms with Gasteiger partial charge in [0.15, 0.2) is 0 Å². The fourth-order valence-electron chi connectivity index (χ4n) is 3.80. The third kappa shape index (κ3) is 4.03. The van der Waals surface area contributed by atoms with Crippen LogP contribution in [-0.4, -0.2) is 46.9 Å². The lowest BCUT2D eigenvalue weighted by molar-refractivity contribution is -0.132. The molecule has 28 heavy (non-hydrogen) atoms. The molecule has 0 bridgehead atoms. The molecule has 0 saturated carbocycles. The lowest BCUT2D eigenvalue weighted by atomic mass is 10.0. The lowest BCUT2D eigenvalue weighted by Gasteiger charge is -2.35. The fourth-order valence-corrected chi connectivity index (χ4v) is 4.02. The van der Waals surface area contributed by atoms with Crippen molar-refractivity contribution in [2.75, 3.05) is 26.2 Å². The van der Waals surface area contributed by atoms with Crippen LogP contribution in [0.25, 0.3) is 10.9 Å². The molecule has 1 aliphatic heterocycles. The Morgan fingerprint density at radius 2 is 1.79 bits per heavy atom. The number of aryl methyl sites for hydroxylation is 1. The molecule has 0 spiro atoms. The summed E-state index contributed by atoms with van der Waals surface area (Å²) in [6.45, 7) is 6.16. The van der Waals surface area contributed by atoms with E-state index in [1.54, 1.807) is 0 Å². The van der Waals surface area contributed by atoms with E-state index in [0.29, 0.717) is 6.42 Å². The minimum absolute atomic E-state index is 0.215. The predicted molar refractivity (Wildman–Crippen MR) is 113 cm³/mol. The maximum atomic E-state index is 12.7. The second-order valence-electron chi connectivity index (χ2n) is 7.37. The van der Waals surface area contributed by atoms with Crippen molar-refractivity contribution in [3.8, 4) is 0 Å². The molecule has 1 aliphatic rings. The van der Waals surface area contributed by atoms with Crippen molar-refractivity contribution < 1.29 is 4.79 Å². The normalized spacial score (nSPS) is 15.1. The number of benzene rings is 2. The molecule has 3 aromatic rings. The quantitative estimate of drug-likeness (QED) is 0.670. The van der Waals surface area contributed by atoms with Crippen LogP contribution in [0.15, 0.2) is 54.7 Å². The molecule has 0 radical (unpaired) electrons. The zero-order valence-electron chi connectivity index (χ0n) is 16.1. The Morgan fingerprint density at radius 1 is 1.00 bits per heavy atom. The smallest absolute Gasteiger partial charge is 0.227 e. The first-order valence-corrected chi connectivity index (χ1v) is 10.1. The van der Waals surface area contributed by atoms with Crippen LogP contribution < -0.4 is 0 Å². The number of nitrogens with zero attached hydrogens (tertiary/aromatic N) is 3. The average molecular weight is 394 g/mol. The molecule has 2 heterocycles. The van der Waals surface area contributed by atoms with Gasteiger partial charge in [-0.15, -0.1) is 0 Å². The molecule has 1 saturated heterocycles. The maximum Gasteiger partial charge on any atom is 0.227 e. The molecule has 0 atom stereocenters. The van der Waals surface area contributed by atoms with Crippen molar-refractivity contribution in [3.05, 3.63) is 76.4 Å². The molecule has 144 valence electrons. The summed E-state index contributed by atoms with van der Waals surface area (Å²) >= 11 is 6.31. The molecule has 4 rings (SSSR count). The summed E-state index contributed by atoms with van der Waals surface area (Å²) in [6.07, 6.45) is 2.29. The van der Waals surface area contributed by atoms with Gasteiger partial charge in [0, 0.05) is 49.3 Å². The molecule has 0 N–H and O–H groups in total. The van der Waals surface area contributed by atoms with E-state index >= 15 is 0 Å². The summed E-state index contributed by atoms with van der Waals surface area (Å²) in [5.74, 6) is 0.215. The van der Waals surface area contributed by atoms with Gasteiger partial charge in [-0.2, -0.15) is 0 Å². The highest BCUT2D eigenvalue weighted by molar-refractivity contribution is 6.35. The Morgan fingerprint density at radius 3 is 2.57 bits per heavy atom. The van der Waals surface area contributed by atoms with Gasteiger partial charge in [-0.25, -0.2) is 0 Å². The van der Waals surface area contributed by atoms with E-state index in [9.17, 15) is 4.79 Å². The highest BCUT2D eigenvalue weighted by Gasteiger charge is 2.22. The van der Waals surface area contributed by atoms with Crippen molar-refractivity contribution in [1.82, 2.24) is 14.8 Å². The van der Waals surface area contributed by atoms with Gasteiger partial charge in [0.1, 0.15) is 0 Å². The predicted octanol–water partition coefficient (Wildman–Crippen LogP) is 4.08. The van der Waals surface area contributed by atoms with E-state index in [1.807, 2.05) is 47.5 Å². The number of halogens is 1. The molecule has 0 aliphatic carbocycles. The monoisotopic (exact) mass is 393 g/mol. The van der Waals surface area contributed by atoms with Gasteiger partial charge in [-0.1, -0.05) is 41.9 Å². The van der Waals surface area contributed by atoms with Crippen LogP contribution in [0, 0.1) is 6.92 Å². The summed E-state index contributed by atoms with van der Waals surface area (Å²) in [5.41, 5.74) is 4.44. The first-order valence-electron chi connectivity index (χ1n) is 9.68. The molecule has 2 aromatic carbocycles. The van der Waals surface area contributed by atoms with Crippen molar-refractivity contribution in [3.63, 3.8) is 0 Å². The number of rotatable bonds is 4. The summed E-state index contributed by atoms with van der Waals surface area (Å²) in [6, 6.07) is 16.0. The van der Waals surface area contributed by atoms with Crippen LogP contribution in [0.1, 0.15) is 16.7 Å². The summed E-state index contributed by atoms with van der Waals surface area (Å²) < 4.78 is 0. The van der Waals surface area contributed by atoms with Crippen molar-refractivity contribution in [1.29, 1.82) is 0 Å². The van der Waals surface area contributed by atoms with Crippen LogP contribution in [0.4, 0.5) is 0 Å². The number of piperazine rings is 1. The van der Waals surface area contributed by atoms with E-state index < -0.39 is 0 Å². The molecule has 1 amide bonds. The largest absolute Gasteiger partial charge is 0.340 e. The van der Waals surface area contributed by atoms with Gasteiger partial charge in [0.05, 0.1) is 11.9 Å². The second kappa shape index (κ2) is 8.29. The van der Waals surface area contributed by atoms with Gasteiger partial charge >= 0.3 is 0 Å². The van der Waals surface area contributed by atoms with Crippen molar-refractivity contribution in [2.45, 2.75) is 19.9 Å². The number of hydrogen-bond donors (Lipinski definition) is 0. The SMILES string of the molecule is Cc1ccccc1CC(=O)N1CCN(Cc2ccc(Cl)c3cccnc23)CC1. The van der Waals surface area contributed by atoms with Gasteiger partial charge in [0.25, 0.3) is 0 Å². The third-order valence-electron chi connectivity index (χ3n) is 5.52. The summed E-state index contributed by atoms with van der Waals surface area (Å²) in [5, 5.41) is 1.73. The standard InChI is InChI=1S/C23H24ClN3O/c1-17-5-2-3-6-18(17)15-22(28)27-13-11-26(12-14-27)16-19-8-9-21(24)20-7-4-10-25-23(19)20/h2-10H,11-16H2,1H3. The van der Waals surface area contributed by atoms with E-state index in [-0.39, 0.29) is 5.91 Å². The highest BCUT2D eigenvalue weighted by Crippen LogP contribution is 2.26. The first kappa shape index (κ1) is 18.9. The van der Waals surface area contributed by atoms with E-state index in [1.165, 1.54) is 11.1 Å². The molecular weight excluding hydrogens is 370 g/mol. The summed E-state index contributed by atoms with van der Waals surface area (Å²) in [7, 11) is 0. The minimum Gasteiger partial charge on any atom is -0.340 e. The number of carbonyl (C=O) groups excluding carboxylic acids is 1. The first-order chi connectivity index (χ1) is 13.6.